The van der Waals surface area contributed by atoms with E-state index in [0.717, 1.165) is 6.20 Å². The minimum absolute atomic E-state index is 0.141. The van der Waals surface area contributed by atoms with Crippen LogP contribution in [-0.4, -0.2) is 15.9 Å². The van der Waals surface area contributed by atoms with Crippen LogP contribution in [0.15, 0.2) is 18.6 Å². The summed E-state index contributed by atoms with van der Waals surface area (Å²) in [5.74, 6) is 5.70. The fraction of sp³-hybridized carbons (Fsp3) is 0. The topological polar surface area (TPSA) is 120 Å². The molecule has 0 unspecified atom stereocenters. The molecule has 1 aromatic heterocycles. The van der Waals surface area contributed by atoms with Crippen LogP contribution in [0.25, 0.3) is 0 Å². The highest BCUT2D eigenvalue weighted by molar-refractivity contribution is 5.82. The van der Waals surface area contributed by atoms with Gasteiger partial charge < -0.3 is 9.90 Å². The molecule has 11 heavy (non-hydrogen) atoms. The first-order valence-electron chi connectivity index (χ1n) is 2.69. The van der Waals surface area contributed by atoms with Gasteiger partial charge in [0.2, 0.25) is 0 Å². The van der Waals surface area contributed by atoms with Crippen LogP contribution in [0.3, 0.4) is 0 Å². The van der Waals surface area contributed by atoms with Gasteiger partial charge in [0.15, 0.2) is 0 Å². The summed E-state index contributed by atoms with van der Waals surface area (Å²) in [5, 5.41) is 9.99. The first kappa shape index (κ1) is 9.47. The van der Waals surface area contributed by atoms with Crippen LogP contribution in [0.1, 0.15) is 10.5 Å². The number of carbonyl (C=O) groups excluding carboxylic acids is 1. The highest BCUT2D eigenvalue weighted by Gasteiger charge is 1.89. The molecule has 0 aliphatic rings. The van der Waals surface area contributed by atoms with Gasteiger partial charge in [0.25, 0.3) is 0 Å². The first-order valence-corrected chi connectivity index (χ1v) is 2.69. The van der Waals surface area contributed by atoms with Gasteiger partial charge in [-0.2, -0.15) is 5.84 Å². The number of hydrogen-bond acceptors (Lipinski definition) is 5. The second-order valence-electron chi connectivity index (χ2n) is 1.38. The maximum atomic E-state index is 9.99. The van der Waals surface area contributed by atoms with Gasteiger partial charge in [-0.05, 0) is 0 Å². The zero-order valence-corrected chi connectivity index (χ0v) is 5.73. The van der Waals surface area contributed by atoms with Gasteiger partial charge in [0, 0.05) is 12.4 Å². The SMILES string of the molecule is N[NH3+].O=C([O-])c1cnccn1. The summed E-state index contributed by atoms with van der Waals surface area (Å²) < 4.78 is 0. The Bertz CT molecular complexity index is 213. The standard InChI is InChI=1S/C5H4N2O2.H4N2/c8-5(9)4-3-6-1-2-7-4;1-2/h1-3H,(H,8,9);1-2H2. The van der Waals surface area contributed by atoms with E-state index in [1.54, 1.807) is 0 Å². The van der Waals surface area contributed by atoms with Crippen LogP contribution in [0, 0.1) is 0 Å². The molecule has 60 valence electrons. The molecular formula is C5H8N4O2. The van der Waals surface area contributed by atoms with E-state index in [9.17, 15) is 9.90 Å². The quantitative estimate of drug-likeness (QED) is 0.330. The van der Waals surface area contributed by atoms with Gasteiger partial charge in [0.05, 0.1) is 12.2 Å². The highest BCUT2D eigenvalue weighted by Crippen LogP contribution is 1.84. The summed E-state index contributed by atoms with van der Waals surface area (Å²) in [6, 6.07) is 0. The number of hydrogen-bond donors (Lipinski definition) is 2. The maximum absolute atomic E-state index is 9.99. The molecular weight excluding hydrogens is 148 g/mol. The van der Waals surface area contributed by atoms with Crippen molar-refractivity contribution in [3.63, 3.8) is 0 Å². The second kappa shape index (κ2) is 5.27. The summed E-state index contributed by atoms with van der Waals surface area (Å²) in [6.07, 6.45) is 3.83. The maximum Gasteiger partial charge on any atom is 0.104 e. The average molecular weight is 156 g/mol. The lowest BCUT2D eigenvalue weighted by molar-refractivity contribution is -0.379. The van der Waals surface area contributed by atoms with E-state index in [0.29, 0.717) is 0 Å². The molecule has 1 rings (SSSR count). The minimum Gasteiger partial charge on any atom is -0.543 e. The molecule has 0 aromatic carbocycles. The number of rotatable bonds is 1. The van der Waals surface area contributed by atoms with Crippen LogP contribution in [0.4, 0.5) is 0 Å². The molecule has 0 spiro atoms. The molecule has 0 fully saturated rings. The monoisotopic (exact) mass is 156 g/mol. The van der Waals surface area contributed by atoms with Crippen molar-refractivity contribution in [1.29, 1.82) is 0 Å². The number of nitrogens with zero attached hydrogens (tertiary/aromatic N) is 2. The van der Waals surface area contributed by atoms with Crippen LogP contribution in [0.2, 0.25) is 0 Å². The van der Waals surface area contributed by atoms with E-state index in [1.807, 2.05) is 0 Å². The molecule has 6 nitrogen and oxygen atoms in total. The lowest BCUT2D eigenvalue weighted by Gasteiger charge is -1.95. The number of carboxylic acid groups (broad SMARTS) is 1. The normalized spacial score (nSPS) is 7.82. The number of quaternary nitrogens is 1. The van der Waals surface area contributed by atoms with Crippen LogP contribution < -0.4 is 16.8 Å². The lowest BCUT2D eigenvalue weighted by atomic mass is 10.5. The molecule has 0 aliphatic carbocycles. The lowest BCUT2D eigenvalue weighted by Crippen LogP contribution is -2.59. The Morgan fingerprint density at radius 2 is 2.18 bits per heavy atom. The van der Waals surface area contributed by atoms with Gasteiger partial charge in [-0.3, -0.25) is 15.8 Å². The van der Waals surface area contributed by atoms with Crippen molar-refractivity contribution in [2.45, 2.75) is 0 Å². The van der Waals surface area contributed by atoms with Gasteiger partial charge in [-0.15, -0.1) is 0 Å². The Balaban J connectivity index is 0.000000461. The zero-order valence-electron chi connectivity index (χ0n) is 5.73. The number of carbonyl (C=O) groups is 1. The third-order valence-electron chi connectivity index (χ3n) is 0.772. The van der Waals surface area contributed by atoms with E-state index in [1.165, 1.54) is 12.4 Å². The molecule has 0 amide bonds. The van der Waals surface area contributed by atoms with Crippen molar-refractivity contribution in [2.24, 2.45) is 5.84 Å². The molecule has 0 bridgehead atoms. The van der Waals surface area contributed by atoms with E-state index in [2.05, 4.69) is 21.7 Å². The van der Waals surface area contributed by atoms with Gasteiger partial charge in [0.1, 0.15) is 5.69 Å². The fourth-order valence-electron chi connectivity index (χ4n) is 0.405. The molecule has 5 N–H and O–H groups in total. The number of nitrogens with two attached hydrogens (primary N) is 1. The van der Waals surface area contributed by atoms with Crippen LogP contribution in [0.5, 0.6) is 0 Å². The molecule has 0 saturated heterocycles. The third-order valence-corrected chi connectivity index (χ3v) is 0.772. The van der Waals surface area contributed by atoms with Crippen molar-refractivity contribution in [2.75, 3.05) is 0 Å². The second-order valence-corrected chi connectivity index (χ2v) is 1.38. The number of aromatic nitrogens is 2. The zero-order chi connectivity index (χ0) is 8.69. The Hall–Kier alpha value is -1.53. The summed E-state index contributed by atoms with van der Waals surface area (Å²) in [7, 11) is 0. The average Bonchev–Trinajstić information content (AvgIpc) is 2.10. The van der Waals surface area contributed by atoms with Gasteiger partial charge in [-0.25, -0.2) is 0 Å². The van der Waals surface area contributed by atoms with Crippen molar-refractivity contribution >= 4 is 5.97 Å². The molecule has 0 atom stereocenters. The Labute approximate surface area is 62.8 Å². The summed E-state index contributed by atoms with van der Waals surface area (Å²) in [6.45, 7) is 0. The van der Waals surface area contributed by atoms with Crippen LogP contribution in [-0.2, 0) is 0 Å². The smallest absolute Gasteiger partial charge is 0.104 e. The minimum atomic E-state index is -1.30. The largest absolute Gasteiger partial charge is 0.543 e. The first-order chi connectivity index (χ1) is 5.30. The predicted molar refractivity (Wildman–Crippen MR) is 33.4 cm³/mol. The van der Waals surface area contributed by atoms with Crippen molar-refractivity contribution in [3.8, 4) is 0 Å². The molecule has 6 heteroatoms. The van der Waals surface area contributed by atoms with E-state index >= 15 is 0 Å². The van der Waals surface area contributed by atoms with Gasteiger partial charge >= 0.3 is 0 Å². The number of carboxylic acids is 1. The highest BCUT2D eigenvalue weighted by atomic mass is 16.4. The van der Waals surface area contributed by atoms with E-state index in [-0.39, 0.29) is 5.69 Å². The summed E-state index contributed by atoms with van der Waals surface area (Å²) in [5.41, 5.74) is -0.141. The van der Waals surface area contributed by atoms with Gasteiger partial charge in [-0.1, -0.05) is 0 Å². The van der Waals surface area contributed by atoms with Crippen molar-refractivity contribution in [3.05, 3.63) is 24.3 Å². The molecule has 0 radical (unpaired) electrons. The molecule has 1 aromatic rings. The summed E-state index contributed by atoms with van der Waals surface area (Å²) in [4.78, 5) is 17.0. The molecule has 0 saturated carbocycles. The molecule has 1 heterocycles. The predicted octanol–water partition coefficient (Wildman–Crippen LogP) is -3.06. The van der Waals surface area contributed by atoms with Crippen molar-refractivity contribution in [1.82, 2.24) is 9.97 Å². The van der Waals surface area contributed by atoms with Crippen LogP contribution >= 0.6 is 0 Å². The third kappa shape index (κ3) is 3.23. The Kier molecular flexibility index (Phi) is 4.54. The molecule has 0 aliphatic heterocycles. The van der Waals surface area contributed by atoms with Crippen molar-refractivity contribution < 1.29 is 15.7 Å². The Morgan fingerprint density at radius 3 is 2.45 bits per heavy atom. The summed E-state index contributed by atoms with van der Waals surface area (Å²) >= 11 is 0. The fourth-order valence-corrected chi connectivity index (χ4v) is 0.405. The Morgan fingerprint density at radius 1 is 1.55 bits per heavy atom. The van der Waals surface area contributed by atoms with E-state index < -0.39 is 5.97 Å². The number of aromatic carboxylic acids is 1. The van der Waals surface area contributed by atoms with E-state index in [4.69, 9.17) is 0 Å².